The Kier molecular flexibility index (Phi) is 4.39. The number of carboxylic acids is 1. The fourth-order valence-electron chi connectivity index (χ4n) is 3.79. The molecule has 1 aromatic carbocycles. The van der Waals surface area contributed by atoms with Gasteiger partial charge in [-0.25, -0.2) is 4.39 Å². The fraction of sp³-hybridized carbons (Fsp3) is 0.500. The predicted molar refractivity (Wildman–Crippen MR) is 87.7 cm³/mol. The Morgan fingerprint density at radius 3 is 2.83 bits per heavy atom. The number of aliphatic carboxylic acids is 1. The van der Waals surface area contributed by atoms with Crippen LogP contribution in [0.4, 0.5) is 4.39 Å². The van der Waals surface area contributed by atoms with E-state index in [4.69, 9.17) is 0 Å². The van der Waals surface area contributed by atoms with E-state index in [9.17, 15) is 14.3 Å². The van der Waals surface area contributed by atoms with Crippen LogP contribution in [-0.4, -0.2) is 33.6 Å². The van der Waals surface area contributed by atoms with Crippen LogP contribution in [0.2, 0.25) is 0 Å². The third-order valence-corrected chi connectivity index (χ3v) is 4.98. The van der Waals surface area contributed by atoms with Crippen LogP contribution < -0.4 is 0 Å². The molecule has 0 spiro atoms. The summed E-state index contributed by atoms with van der Waals surface area (Å²) in [5.41, 5.74) is 2.09. The van der Waals surface area contributed by atoms with Gasteiger partial charge in [-0.2, -0.15) is 0 Å². The Labute approximate surface area is 135 Å². The van der Waals surface area contributed by atoms with E-state index in [-0.39, 0.29) is 17.7 Å². The van der Waals surface area contributed by atoms with Crippen molar-refractivity contribution < 1.29 is 14.3 Å². The Bertz CT molecular complexity index is 725. The van der Waals surface area contributed by atoms with Crippen molar-refractivity contribution in [2.24, 2.45) is 18.9 Å². The Balaban J connectivity index is 1.79. The van der Waals surface area contributed by atoms with Crippen LogP contribution in [0.25, 0.3) is 10.9 Å². The van der Waals surface area contributed by atoms with Gasteiger partial charge in [0.05, 0.1) is 5.92 Å². The van der Waals surface area contributed by atoms with E-state index < -0.39 is 5.97 Å². The van der Waals surface area contributed by atoms with Crippen molar-refractivity contribution in [1.29, 1.82) is 0 Å². The summed E-state index contributed by atoms with van der Waals surface area (Å²) in [7, 11) is 1.98. The van der Waals surface area contributed by atoms with Crippen molar-refractivity contribution in [2.75, 3.05) is 13.1 Å². The molecule has 2 heterocycles. The molecule has 0 aliphatic carbocycles. The molecule has 3 rings (SSSR count). The lowest BCUT2D eigenvalue weighted by Crippen LogP contribution is -2.24. The molecule has 0 amide bonds. The molecule has 1 saturated heterocycles. The first-order valence-electron chi connectivity index (χ1n) is 8.18. The lowest BCUT2D eigenvalue weighted by Gasteiger charge is -2.16. The standard InChI is InChI=1S/C18H23FN2O2/c1-3-4-12-9-21(11-16(12)18(22)23)10-15-8-13-7-14(19)5-6-17(13)20(15)2/h5-8,12,16H,3-4,9-11H2,1-2H3,(H,22,23)/t12-,16-/m1/s1. The monoisotopic (exact) mass is 318 g/mol. The molecule has 4 nitrogen and oxygen atoms in total. The van der Waals surface area contributed by atoms with Crippen molar-refractivity contribution >= 4 is 16.9 Å². The number of hydrogen-bond donors (Lipinski definition) is 1. The predicted octanol–water partition coefficient (Wildman–Crippen LogP) is 3.25. The molecular weight excluding hydrogens is 295 g/mol. The van der Waals surface area contributed by atoms with E-state index in [1.165, 1.54) is 6.07 Å². The maximum atomic E-state index is 13.4. The zero-order valence-electron chi connectivity index (χ0n) is 13.6. The highest BCUT2D eigenvalue weighted by Gasteiger charge is 2.37. The summed E-state index contributed by atoms with van der Waals surface area (Å²) in [6.45, 7) is 4.22. The van der Waals surface area contributed by atoms with Crippen LogP contribution in [0.3, 0.4) is 0 Å². The zero-order chi connectivity index (χ0) is 16.6. The first-order chi connectivity index (χ1) is 11.0. The smallest absolute Gasteiger partial charge is 0.308 e. The van der Waals surface area contributed by atoms with Gasteiger partial charge in [-0.3, -0.25) is 9.69 Å². The van der Waals surface area contributed by atoms with E-state index in [0.717, 1.165) is 36.0 Å². The quantitative estimate of drug-likeness (QED) is 0.920. The van der Waals surface area contributed by atoms with Gasteiger partial charge in [-0.1, -0.05) is 13.3 Å². The van der Waals surface area contributed by atoms with Gasteiger partial charge in [0.1, 0.15) is 5.82 Å². The first-order valence-corrected chi connectivity index (χ1v) is 8.18. The van der Waals surface area contributed by atoms with Crippen molar-refractivity contribution in [3.8, 4) is 0 Å². The maximum absolute atomic E-state index is 13.4. The van der Waals surface area contributed by atoms with Crippen molar-refractivity contribution in [1.82, 2.24) is 9.47 Å². The molecule has 0 unspecified atom stereocenters. The molecule has 0 saturated carbocycles. The fourth-order valence-corrected chi connectivity index (χ4v) is 3.79. The minimum atomic E-state index is -0.690. The SMILES string of the molecule is CCC[C@@H]1CN(Cc2cc3cc(F)ccc3n2C)C[C@H]1C(=O)O. The zero-order valence-corrected chi connectivity index (χ0v) is 13.6. The van der Waals surface area contributed by atoms with Gasteiger partial charge in [0.25, 0.3) is 0 Å². The van der Waals surface area contributed by atoms with Crippen molar-refractivity contribution in [3.63, 3.8) is 0 Å². The van der Waals surface area contributed by atoms with Crippen LogP contribution >= 0.6 is 0 Å². The maximum Gasteiger partial charge on any atom is 0.308 e. The number of aromatic nitrogens is 1. The molecule has 1 fully saturated rings. The minimum absolute atomic E-state index is 0.227. The van der Waals surface area contributed by atoms with Gasteiger partial charge >= 0.3 is 5.97 Å². The average Bonchev–Trinajstić information content (AvgIpc) is 3.02. The molecule has 0 bridgehead atoms. The highest BCUT2D eigenvalue weighted by molar-refractivity contribution is 5.81. The lowest BCUT2D eigenvalue weighted by molar-refractivity contribution is -0.142. The topological polar surface area (TPSA) is 45.5 Å². The molecule has 1 N–H and O–H groups in total. The van der Waals surface area contributed by atoms with Crippen LogP contribution in [0, 0.1) is 17.7 Å². The molecule has 1 aliphatic rings. The second-order valence-corrected chi connectivity index (χ2v) is 6.59. The van der Waals surface area contributed by atoms with Crippen molar-refractivity contribution in [2.45, 2.75) is 26.3 Å². The summed E-state index contributed by atoms with van der Waals surface area (Å²) in [5, 5.41) is 10.3. The van der Waals surface area contributed by atoms with E-state index in [2.05, 4.69) is 16.4 Å². The number of nitrogens with zero attached hydrogens (tertiary/aromatic N) is 2. The Hall–Kier alpha value is -1.88. The summed E-state index contributed by atoms with van der Waals surface area (Å²) < 4.78 is 15.4. The highest BCUT2D eigenvalue weighted by Crippen LogP contribution is 2.30. The molecule has 1 aromatic heterocycles. The molecule has 1 aliphatic heterocycles. The van der Waals surface area contributed by atoms with Crippen LogP contribution in [0.1, 0.15) is 25.5 Å². The van der Waals surface area contributed by atoms with E-state index in [1.54, 1.807) is 12.1 Å². The second-order valence-electron chi connectivity index (χ2n) is 6.59. The largest absolute Gasteiger partial charge is 0.481 e. The Morgan fingerprint density at radius 1 is 1.35 bits per heavy atom. The highest BCUT2D eigenvalue weighted by atomic mass is 19.1. The number of carboxylic acid groups (broad SMARTS) is 1. The average molecular weight is 318 g/mol. The minimum Gasteiger partial charge on any atom is -0.481 e. The Morgan fingerprint density at radius 2 is 2.13 bits per heavy atom. The number of benzene rings is 1. The molecular formula is C18H23FN2O2. The van der Waals surface area contributed by atoms with Gasteiger partial charge in [-0.15, -0.1) is 0 Å². The van der Waals surface area contributed by atoms with Gasteiger partial charge in [-0.05, 0) is 36.6 Å². The third kappa shape index (κ3) is 3.11. The number of carbonyl (C=O) groups is 1. The number of halogens is 1. The van der Waals surface area contributed by atoms with Crippen LogP contribution in [0.5, 0.6) is 0 Å². The number of rotatable bonds is 5. The van der Waals surface area contributed by atoms with Gasteiger partial charge in [0.15, 0.2) is 0 Å². The number of aryl methyl sites for hydroxylation is 1. The van der Waals surface area contributed by atoms with Crippen LogP contribution in [0.15, 0.2) is 24.3 Å². The lowest BCUT2D eigenvalue weighted by atomic mass is 9.92. The first kappa shape index (κ1) is 16.0. The molecule has 2 aromatic rings. The summed E-state index contributed by atoms with van der Waals surface area (Å²) >= 11 is 0. The molecule has 0 radical (unpaired) electrons. The molecule has 5 heteroatoms. The third-order valence-electron chi connectivity index (χ3n) is 4.98. The van der Waals surface area contributed by atoms with Gasteiger partial charge in [0, 0.05) is 43.3 Å². The summed E-state index contributed by atoms with van der Waals surface area (Å²) in [6.07, 6.45) is 1.96. The summed E-state index contributed by atoms with van der Waals surface area (Å²) in [6, 6.07) is 6.81. The summed E-state index contributed by atoms with van der Waals surface area (Å²) in [5.74, 6) is -0.971. The normalized spacial score (nSPS) is 22.0. The van der Waals surface area contributed by atoms with E-state index in [0.29, 0.717) is 13.1 Å². The number of fused-ring (bicyclic) bond motifs is 1. The molecule has 23 heavy (non-hydrogen) atoms. The number of likely N-dealkylation sites (tertiary alicyclic amines) is 1. The van der Waals surface area contributed by atoms with Gasteiger partial charge in [0.2, 0.25) is 0 Å². The second kappa shape index (κ2) is 6.32. The van der Waals surface area contributed by atoms with Crippen molar-refractivity contribution in [3.05, 3.63) is 35.8 Å². The summed E-state index contributed by atoms with van der Waals surface area (Å²) in [4.78, 5) is 13.7. The molecule has 2 atom stereocenters. The van der Waals surface area contributed by atoms with Gasteiger partial charge < -0.3 is 9.67 Å². The molecule has 124 valence electrons. The van der Waals surface area contributed by atoms with E-state index >= 15 is 0 Å². The van der Waals surface area contributed by atoms with E-state index in [1.807, 2.05) is 13.1 Å². The number of hydrogen-bond acceptors (Lipinski definition) is 2. The van der Waals surface area contributed by atoms with Crippen LogP contribution in [-0.2, 0) is 18.4 Å².